The Morgan fingerprint density at radius 3 is 2.74 bits per heavy atom. The van der Waals surface area contributed by atoms with Crippen molar-refractivity contribution < 1.29 is 9.53 Å². The first-order valence-corrected chi connectivity index (χ1v) is 7.46. The maximum Gasteiger partial charge on any atom is 0.256 e. The molecule has 106 valence electrons. The second kappa shape index (κ2) is 8.15. The Morgan fingerprint density at radius 2 is 2.16 bits per heavy atom. The van der Waals surface area contributed by atoms with E-state index in [4.69, 9.17) is 4.74 Å². The molecule has 0 aliphatic rings. The molecule has 0 aliphatic carbocycles. The van der Waals surface area contributed by atoms with E-state index in [1.165, 1.54) is 7.11 Å². The predicted octanol–water partition coefficient (Wildman–Crippen LogP) is 3.02. The van der Waals surface area contributed by atoms with Crippen LogP contribution in [0, 0.1) is 5.92 Å². The van der Waals surface area contributed by atoms with Gasteiger partial charge in [-0.3, -0.25) is 4.79 Å². The van der Waals surface area contributed by atoms with Crippen LogP contribution < -0.4 is 10.1 Å². The van der Waals surface area contributed by atoms with Crippen LogP contribution in [0.2, 0.25) is 0 Å². The van der Waals surface area contributed by atoms with Crippen molar-refractivity contribution in [2.75, 3.05) is 13.7 Å². The van der Waals surface area contributed by atoms with Crippen molar-refractivity contribution in [3.63, 3.8) is 0 Å². The van der Waals surface area contributed by atoms with Gasteiger partial charge in [-0.15, -0.1) is 0 Å². The van der Waals surface area contributed by atoms with E-state index in [2.05, 4.69) is 40.1 Å². The van der Waals surface area contributed by atoms with Gasteiger partial charge in [0.25, 0.3) is 5.91 Å². The van der Waals surface area contributed by atoms with Gasteiger partial charge >= 0.3 is 0 Å². The van der Waals surface area contributed by atoms with E-state index >= 15 is 0 Å². The van der Waals surface area contributed by atoms with Gasteiger partial charge in [-0.2, -0.15) is 0 Å². The second-order valence-electron chi connectivity index (χ2n) is 4.36. The average molecular weight is 329 g/mol. The first-order valence-electron chi connectivity index (χ1n) is 6.55. The number of pyridine rings is 1. The molecule has 0 radical (unpaired) electrons. The quantitative estimate of drug-likeness (QED) is 0.783. The summed E-state index contributed by atoms with van der Waals surface area (Å²) in [7, 11) is 1.51. The predicted molar refractivity (Wildman–Crippen MR) is 79.9 cm³/mol. The number of nitrogens with one attached hydrogen (secondary N) is 1. The highest BCUT2D eigenvalue weighted by atomic mass is 79.9. The molecule has 0 spiro atoms. The fourth-order valence-electron chi connectivity index (χ4n) is 1.98. The molecule has 0 fully saturated rings. The van der Waals surface area contributed by atoms with Crippen LogP contribution in [-0.2, 0) is 0 Å². The van der Waals surface area contributed by atoms with Gasteiger partial charge in [0.2, 0.25) is 5.88 Å². The highest BCUT2D eigenvalue weighted by Crippen LogP contribution is 2.20. The average Bonchev–Trinajstić information content (AvgIpc) is 2.45. The Labute approximate surface area is 123 Å². The number of carbonyl (C=O) groups excluding carboxylic acids is 1. The molecule has 0 saturated carbocycles. The van der Waals surface area contributed by atoms with Gasteiger partial charge in [-0.05, 0) is 18.1 Å². The van der Waals surface area contributed by atoms with E-state index in [9.17, 15) is 4.79 Å². The third-order valence-corrected chi connectivity index (χ3v) is 4.30. The number of halogens is 1. The molecular formula is C14H21BrN2O2. The van der Waals surface area contributed by atoms with Crippen molar-refractivity contribution in [1.29, 1.82) is 0 Å². The third kappa shape index (κ3) is 4.49. The number of alkyl halides is 1. The number of carbonyl (C=O) groups is 1. The van der Waals surface area contributed by atoms with Crippen LogP contribution in [0.25, 0.3) is 0 Å². The summed E-state index contributed by atoms with van der Waals surface area (Å²) in [5, 5.41) is 2.92. The second-order valence-corrected chi connectivity index (χ2v) is 5.54. The number of aromatic nitrogens is 1. The zero-order valence-electron chi connectivity index (χ0n) is 11.6. The molecule has 19 heavy (non-hydrogen) atoms. The molecule has 1 heterocycles. The van der Waals surface area contributed by atoms with Crippen LogP contribution in [0.15, 0.2) is 18.3 Å². The minimum atomic E-state index is -0.152. The summed E-state index contributed by atoms with van der Waals surface area (Å²) < 4.78 is 5.08. The Hall–Kier alpha value is -1.10. The number of rotatable bonds is 7. The summed E-state index contributed by atoms with van der Waals surface area (Å²) in [5.74, 6) is 0.769. The first-order chi connectivity index (χ1) is 9.13. The lowest BCUT2D eigenvalue weighted by Crippen LogP contribution is -2.33. The minimum Gasteiger partial charge on any atom is -0.480 e. The van der Waals surface area contributed by atoms with Gasteiger partial charge in [0, 0.05) is 17.6 Å². The largest absolute Gasteiger partial charge is 0.480 e. The van der Waals surface area contributed by atoms with Gasteiger partial charge < -0.3 is 10.1 Å². The van der Waals surface area contributed by atoms with Gasteiger partial charge in [0.1, 0.15) is 5.56 Å². The van der Waals surface area contributed by atoms with Crippen molar-refractivity contribution in [1.82, 2.24) is 10.3 Å². The molecule has 0 aromatic carbocycles. The Morgan fingerprint density at radius 1 is 1.47 bits per heavy atom. The molecule has 0 aliphatic heterocycles. The number of amides is 1. The van der Waals surface area contributed by atoms with Gasteiger partial charge in [0.15, 0.2) is 0 Å². The first kappa shape index (κ1) is 16.0. The maximum absolute atomic E-state index is 12.1. The molecule has 1 aromatic heterocycles. The van der Waals surface area contributed by atoms with E-state index < -0.39 is 0 Å². The zero-order valence-corrected chi connectivity index (χ0v) is 13.2. The lowest BCUT2D eigenvalue weighted by molar-refractivity contribution is 0.0948. The monoisotopic (exact) mass is 328 g/mol. The molecule has 1 unspecified atom stereocenters. The lowest BCUT2D eigenvalue weighted by atomic mass is 9.99. The molecule has 1 aromatic rings. The van der Waals surface area contributed by atoms with Crippen LogP contribution in [0.5, 0.6) is 5.88 Å². The SMILES string of the molecule is CCC(CC)C(Br)CNC(=O)c1cccnc1OC. The fraction of sp³-hybridized carbons (Fsp3) is 0.571. The summed E-state index contributed by atoms with van der Waals surface area (Å²) in [5.41, 5.74) is 0.467. The van der Waals surface area contributed by atoms with E-state index in [-0.39, 0.29) is 10.7 Å². The van der Waals surface area contributed by atoms with Crippen LogP contribution in [0.1, 0.15) is 37.0 Å². The van der Waals surface area contributed by atoms with Crippen molar-refractivity contribution in [2.24, 2.45) is 5.92 Å². The summed E-state index contributed by atoms with van der Waals surface area (Å²) in [6.45, 7) is 4.92. The molecule has 5 heteroatoms. The third-order valence-electron chi connectivity index (χ3n) is 3.23. The van der Waals surface area contributed by atoms with E-state index in [0.29, 0.717) is 23.9 Å². The lowest BCUT2D eigenvalue weighted by Gasteiger charge is -2.20. The maximum atomic E-state index is 12.1. The summed E-state index contributed by atoms with van der Waals surface area (Å²) in [6, 6.07) is 3.44. The van der Waals surface area contributed by atoms with Crippen molar-refractivity contribution >= 4 is 21.8 Å². The summed E-state index contributed by atoms with van der Waals surface area (Å²) in [4.78, 5) is 16.4. The Bertz CT molecular complexity index is 408. The number of nitrogens with zero attached hydrogens (tertiary/aromatic N) is 1. The number of ether oxygens (including phenoxy) is 1. The van der Waals surface area contributed by atoms with Crippen molar-refractivity contribution in [3.8, 4) is 5.88 Å². The van der Waals surface area contributed by atoms with Gasteiger partial charge in [-0.1, -0.05) is 42.6 Å². The van der Waals surface area contributed by atoms with Crippen LogP contribution in [-0.4, -0.2) is 29.4 Å². The Balaban J connectivity index is 2.60. The van der Waals surface area contributed by atoms with Crippen LogP contribution >= 0.6 is 15.9 Å². The normalized spacial score (nSPS) is 12.3. The zero-order chi connectivity index (χ0) is 14.3. The topological polar surface area (TPSA) is 51.2 Å². The summed E-state index contributed by atoms with van der Waals surface area (Å²) in [6.07, 6.45) is 3.80. The summed E-state index contributed by atoms with van der Waals surface area (Å²) >= 11 is 3.64. The molecular weight excluding hydrogens is 308 g/mol. The standard InChI is InChI=1S/C14H21BrN2O2/c1-4-10(5-2)12(15)9-17-13(18)11-7-6-8-16-14(11)19-3/h6-8,10,12H,4-5,9H2,1-3H3,(H,17,18). The van der Waals surface area contributed by atoms with Gasteiger partial charge in [-0.25, -0.2) is 4.98 Å². The van der Waals surface area contributed by atoms with Crippen molar-refractivity contribution in [2.45, 2.75) is 31.5 Å². The van der Waals surface area contributed by atoms with Crippen LogP contribution in [0.3, 0.4) is 0 Å². The Kier molecular flexibility index (Phi) is 6.84. The number of hydrogen-bond acceptors (Lipinski definition) is 3. The molecule has 1 rings (SSSR count). The van der Waals surface area contributed by atoms with E-state index in [1.54, 1.807) is 18.3 Å². The minimum absolute atomic E-state index is 0.152. The molecule has 1 N–H and O–H groups in total. The molecule has 0 saturated heterocycles. The van der Waals surface area contributed by atoms with E-state index in [1.807, 2.05) is 0 Å². The molecule has 4 nitrogen and oxygen atoms in total. The van der Waals surface area contributed by atoms with Gasteiger partial charge in [0.05, 0.1) is 7.11 Å². The van der Waals surface area contributed by atoms with Crippen LogP contribution in [0.4, 0.5) is 0 Å². The molecule has 1 atom stereocenters. The fourth-order valence-corrected chi connectivity index (χ4v) is 2.89. The number of hydrogen-bond donors (Lipinski definition) is 1. The number of methoxy groups -OCH3 is 1. The van der Waals surface area contributed by atoms with E-state index in [0.717, 1.165) is 12.8 Å². The highest BCUT2D eigenvalue weighted by Gasteiger charge is 2.18. The molecule has 0 bridgehead atoms. The smallest absolute Gasteiger partial charge is 0.256 e. The highest BCUT2D eigenvalue weighted by molar-refractivity contribution is 9.09. The van der Waals surface area contributed by atoms with Crippen molar-refractivity contribution in [3.05, 3.63) is 23.9 Å². The molecule has 1 amide bonds.